The fourth-order valence-electron chi connectivity index (χ4n) is 10.1. The van der Waals surface area contributed by atoms with Crippen LogP contribution in [-0.4, -0.2) is 128 Å². The zero-order chi connectivity index (χ0) is 55.4. The first-order valence-corrected chi connectivity index (χ1v) is 24.7. The van der Waals surface area contributed by atoms with Crippen molar-refractivity contribution in [3.05, 3.63) is 71.2 Å². The van der Waals surface area contributed by atoms with E-state index in [1.54, 1.807) is 6.07 Å². The van der Waals surface area contributed by atoms with E-state index in [0.29, 0.717) is 0 Å². The molecule has 2 heterocycles. The standard InChI is InChI=1S/C47H51Cl6F2NO18/c1-22-26(69-36(60)47(54,55)32(25-15-12-16-65-25)56-37(61)74-40(3,4)5)18-44(64)34(72-35(59)24-13-10-9-11-14-24)31-42(8,33(58)30(29(22)41(44,6)7)71-39(63)68-21-46(51,52)53)27(70-38(62)67-20-45(48,49)50)17-28-43(31,19-66-28)73-23(2)57/h9-16,26-28,30-32,34,64H,17-21H2,1-8H3,(H,56,61)/t26-,27-,28+,30+,31-,32-,34-,42+,43-,44+/m0/s1. The normalized spacial score (nSPS) is 29.0. The average Bonchev–Trinajstić information content (AvgIpc) is 3.81. The smallest absolute Gasteiger partial charge is 0.467 e. The van der Waals surface area contributed by atoms with Crippen LogP contribution < -0.4 is 5.32 Å². The quantitative estimate of drug-likeness (QED) is 0.0870. The predicted molar refractivity (Wildman–Crippen MR) is 256 cm³/mol. The third-order valence-corrected chi connectivity index (χ3v) is 14.1. The molecular formula is C47H51Cl6F2NO18. The second-order valence-electron chi connectivity index (χ2n) is 19.8. The largest absolute Gasteiger partial charge is 0.509 e. The average molecular weight is 1170 g/mol. The van der Waals surface area contributed by atoms with E-state index in [2.05, 4.69) is 0 Å². The Morgan fingerprint density at radius 1 is 0.865 bits per heavy atom. The molecule has 1 aliphatic heterocycles. The second kappa shape index (κ2) is 21.2. The number of amides is 1. The highest BCUT2D eigenvalue weighted by molar-refractivity contribution is 6.68. The molecule has 2 aromatic rings. The van der Waals surface area contributed by atoms with Gasteiger partial charge in [-0.25, -0.2) is 24.0 Å². The van der Waals surface area contributed by atoms with E-state index in [0.717, 1.165) is 19.3 Å². The summed E-state index contributed by atoms with van der Waals surface area (Å²) < 4.78 is 85.5. The first-order valence-electron chi connectivity index (χ1n) is 22.5. The first kappa shape index (κ1) is 58.9. The Balaban J connectivity index is 1.62. The van der Waals surface area contributed by atoms with Crippen LogP contribution in [0, 0.1) is 16.7 Å². The van der Waals surface area contributed by atoms with Gasteiger partial charge in [-0.3, -0.25) is 9.59 Å². The highest BCUT2D eigenvalue weighted by atomic mass is 35.6. The zero-order valence-corrected chi connectivity index (χ0v) is 45.1. The summed E-state index contributed by atoms with van der Waals surface area (Å²) in [6.45, 7) is 7.96. The number of nitrogens with one attached hydrogen (secondary N) is 1. The van der Waals surface area contributed by atoms with Crippen LogP contribution in [0.2, 0.25) is 0 Å². The molecule has 27 heteroatoms. The van der Waals surface area contributed by atoms with Gasteiger partial charge in [0.2, 0.25) is 7.59 Å². The molecule has 3 fully saturated rings. The number of rotatable bonds is 12. The molecule has 19 nitrogen and oxygen atoms in total. The number of benzene rings is 1. The van der Waals surface area contributed by atoms with Crippen LogP contribution in [0.25, 0.3) is 0 Å². The summed E-state index contributed by atoms with van der Waals surface area (Å²) in [7, 11) is 0. The van der Waals surface area contributed by atoms with Gasteiger partial charge in [-0.15, -0.1) is 0 Å². The van der Waals surface area contributed by atoms with Gasteiger partial charge in [0.25, 0.3) is 0 Å². The molecule has 2 bridgehead atoms. The van der Waals surface area contributed by atoms with Crippen LogP contribution in [0.4, 0.5) is 23.2 Å². The summed E-state index contributed by atoms with van der Waals surface area (Å²) >= 11 is 35.2. The van der Waals surface area contributed by atoms with Gasteiger partial charge in [-0.2, -0.15) is 8.78 Å². The lowest BCUT2D eigenvalue weighted by Crippen LogP contribution is -2.82. The zero-order valence-electron chi connectivity index (χ0n) is 40.6. The molecule has 10 atom stereocenters. The third kappa shape index (κ3) is 11.9. The molecular weight excluding hydrogens is 1120 g/mol. The van der Waals surface area contributed by atoms with Crippen molar-refractivity contribution in [1.82, 2.24) is 5.32 Å². The number of Topliss-reactive ketones (excluding diaryl/α,β-unsaturated/α-hetero) is 1. The molecule has 0 radical (unpaired) electrons. The molecule has 408 valence electrons. The Morgan fingerprint density at radius 2 is 1.46 bits per heavy atom. The van der Waals surface area contributed by atoms with Crippen LogP contribution in [0.1, 0.15) is 90.4 Å². The van der Waals surface area contributed by atoms with E-state index in [4.69, 9.17) is 117 Å². The van der Waals surface area contributed by atoms with Crippen molar-refractivity contribution in [3.8, 4) is 0 Å². The molecule has 3 aliphatic carbocycles. The van der Waals surface area contributed by atoms with Gasteiger partial charge in [-0.1, -0.05) is 102 Å². The summed E-state index contributed by atoms with van der Waals surface area (Å²) in [5.41, 5.74) is -11.6. The molecule has 74 heavy (non-hydrogen) atoms. The van der Waals surface area contributed by atoms with Gasteiger partial charge < -0.3 is 57.5 Å². The summed E-state index contributed by atoms with van der Waals surface area (Å²) in [5.74, 6) is -13.1. The van der Waals surface area contributed by atoms with Crippen LogP contribution in [0.5, 0.6) is 0 Å². The Morgan fingerprint density at radius 3 is 1.97 bits per heavy atom. The highest BCUT2D eigenvalue weighted by Crippen LogP contribution is 2.65. The number of hydrogen-bond acceptors (Lipinski definition) is 18. The number of carbonyl (C=O) groups is 7. The molecule has 1 aromatic carbocycles. The number of ether oxygens (including phenoxy) is 9. The SMILES string of the molecule is CC(=O)O[C@@]12CO[C@@H]1C[C@H](OC(=O)OCC(Cl)(Cl)Cl)[C@@]1(C)C(=O)[C@H](OC(=O)OCC(Cl)(Cl)Cl)C3=C(C)[C@@H](OC(=O)C(F)(F)[C@@H](NC(=O)OC(C)(C)C)c4ccco4)C[C@@](O)([C@@H](OC(=O)c4ccccc4)[C@H]21)C3(C)C. The van der Waals surface area contributed by atoms with Gasteiger partial charge in [0, 0.05) is 25.2 Å². The monoisotopic (exact) mass is 1170 g/mol. The lowest BCUT2D eigenvalue weighted by molar-refractivity contribution is -0.346. The molecule has 6 rings (SSSR count). The number of alkyl halides is 8. The number of alkyl carbamates (subject to hydrolysis) is 1. The number of ketones is 1. The summed E-state index contributed by atoms with van der Waals surface area (Å²) in [4.78, 5) is 98.7. The van der Waals surface area contributed by atoms with Crippen molar-refractivity contribution in [3.63, 3.8) is 0 Å². The van der Waals surface area contributed by atoms with Crippen molar-refractivity contribution in [1.29, 1.82) is 0 Å². The lowest BCUT2D eigenvalue weighted by atomic mass is 9.44. The van der Waals surface area contributed by atoms with Gasteiger partial charge >= 0.3 is 42.2 Å². The minimum Gasteiger partial charge on any atom is -0.467 e. The fraction of sp³-hybridized carbons (Fsp3) is 0.596. The Labute approximate surface area is 452 Å². The van der Waals surface area contributed by atoms with Crippen molar-refractivity contribution < 1.29 is 94.5 Å². The van der Waals surface area contributed by atoms with Crippen LogP contribution in [0.3, 0.4) is 0 Å². The fourth-order valence-corrected chi connectivity index (χ4v) is 10.4. The minimum absolute atomic E-state index is 0.129. The van der Waals surface area contributed by atoms with Crippen molar-refractivity contribution in [2.24, 2.45) is 16.7 Å². The van der Waals surface area contributed by atoms with E-state index >= 15 is 13.6 Å². The van der Waals surface area contributed by atoms with Gasteiger partial charge in [0.05, 0.1) is 29.8 Å². The molecule has 2 N–H and O–H groups in total. The maximum absolute atomic E-state index is 16.9. The first-order chi connectivity index (χ1) is 34.0. The van der Waals surface area contributed by atoms with E-state index in [1.807, 2.05) is 5.32 Å². The number of aliphatic hydroxyl groups is 1. The predicted octanol–water partition coefficient (Wildman–Crippen LogP) is 9.19. The second-order valence-corrected chi connectivity index (χ2v) is 24.8. The molecule has 2 saturated carbocycles. The molecule has 0 spiro atoms. The van der Waals surface area contributed by atoms with Crippen molar-refractivity contribution in [2.45, 2.75) is 135 Å². The molecule has 1 saturated heterocycles. The van der Waals surface area contributed by atoms with E-state index in [-0.39, 0.29) is 11.1 Å². The lowest BCUT2D eigenvalue weighted by Gasteiger charge is -2.67. The van der Waals surface area contributed by atoms with E-state index in [9.17, 15) is 33.9 Å². The number of esters is 3. The number of carbonyl (C=O) groups excluding carboxylic acids is 7. The van der Waals surface area contributed by atoms with E-state index < -0.39 is 170 Å². The maximum Gasteiger partial charge on any atom is 0.509 e. The Hall–Kier alpha value is -4.35. The summed E-state index contributed by atoms with van der Waals surface area (Å²) in [6.07, 6.45) is -15.0. The van der Waals surface area contributed by atoms with Gasteiger partial charge in [0.1, 0.15) is 54.6 Å². The molecule has 4 aliphatic rings. The van der Waals surface area contributed by atoms with Crippen molar-refractivity contribution >= 4 is 112 Å². The number of furan rings is 1. The topological polar surface area (TPSA) is 248 Å². The van der Waals surface area contributed by atoms with Crippen LogP contribution in [-0.2, 0) is 57.0 Å². The van der Waals surface area contributed by atoms with Crippen LogP contribution in [0.15, 0.2) is 64.3 Å². The maximum atomic E-state index is 16.9. The Bertz CT molecular complexity index is 2530. The number of hydrogen-bond donors (Lipinski definition) is 2. The Kier molecular flexibility index (Phi) is 16.9. The number of fused-ring (bicyclic) bond motifs is 5. The summed E-state index contributed by atoms with van der Waals surface area (Å²) in [6, 6.07) is 6.85. The van der Waals surface area contributed by atoms with Gasteiger partial charge in [0.15, 0.2) is 23.5 Å². The third-order valence-electron chi connectivity index (χ3n) is 13.4. The molecule has 1 amide bonds. The molecule has 0 unspecified atom stereocenters. The highest BCUT2D eigenvalue weighted by Gasteiger charge is 2.79. The van der Waals surface area contributed by atoms with E-state index in [1.165, 1.54) is 78.8 Å². The van der Waals surface area contributed by atoms with Crippen LogP contribution >= 0.6 is 69.6 Å². The number of halogens is 8. The molecule has 1 aromatic heterocycles. The minimum atomic E-state index is -4.74. The summed E-state index contributed by atoms with van der Waals surface area (Å²) in [5, 5.41) is 15.9. The van der Waals surface area contributed by atoms with Crippen molar-refractivity contribution in [2.75, 3.05) is 19.8 Å². The van der Waals surface area contributed by atoms with Gasteiger partial charge in [-0.05, 0) is 70.0 Å².